The lowest BCUT2D eigenvalue weighted by atomic mass is 10.00. The second kappa shape index (κ2) is 9.43. The van der Waals surface area contributed by atoms with E-state index < -0.39 is 12.1 Å². The Morgan fingerprint density at radius 2 is 1.94 bits per heavy atom. The number of aryl methyl sites for hydroxylation is 2. The number of rotatable bonds is 6. The molecule has 1 saturated carbocycles. The molecule has 36 heavy (non-hydrogen) atoms. The number of fused-ring (bicyclic) bond motifs is 1. The average Bonchev–Trinajstić information content (AvgIpc) is 3.42. The van der Waals surface area contributed by atoms with Crippen LogP contribution in [0, 0.1) is 13.8 Å². The van der Waals surface area contributed by atoms with Crippen LogP contribution in [-0.4, -0.2) is 44.4 Å². The Kier molecular flexibility index (Phi) is 6.15. The van der Waals surface area contributed by atoms with Crippen molar-refractivity contribution >= 4 is 34.2 Å². The third kappa shape index (κ3) is 4.40. The smallest absolute Gasteiger partial charge is 0.335 e. The summed E-state index contributed by atoms with van der Waals surface area (Å²) >= 11 is 0. The Labute approximate surface area is 207 Å². The number of amides is 1. The summed E-state index contributed by atoms with van der Waals surface area (Å²) in [5, 5.41) is 30.5. The zero-order valence-electron chi connectivity index (χ0n) is 19.9. The van der Waals surface area contributed by atoms with E-state index in [1.807, 2.05) is 32.0 Å². The zero-order valence-corrected chi connectivity index (χ0v) is 19.9. The van der Waals surface area contributed by atoms with Crippen LogP contribution in [0.1, 0.15) is 51.4 Å². The van der Waals surface area contributed by atoms with Gasteiger partial charge in [-0.2, -0.15) is 0 Å². The number of carboxylic acid groups (broad SMARTS) is 1. The summed E-state index contributed by atoms with van der Waals surface area (Å²) in [6.45, 7) is 3.72. The lowest BCUT2D eigenvalue weighted by molar-refractivity contribution is 0.0696. The van der Waals surface area contributed by atoms with E-state index in [2.05, 4.69) is 20.8 Å². The molecule has 9 heteroatoms. The number of aliphatic hydroxyl groups excluding tert-OH is 1. The van der Waals surface area contributed by atoms with E-state index in [1.165, 1.54) is 18.3 Å². The van der Waals surface area contributed by atoms with Crippen LogP contribution < -0.4 is 10.6 Å². The number of pyridine rings is 1. The highest BCUT2D eigenvalue weighted by Crippen LogP contribution is 2.34. The highest BCUT2D eigenvalue weighted by atomic mass is 16.5. The molecule has 1 aliphatic rings. The fraction of sp³-hybridized carbons (Fsp3) is 0.259. The number of aromatic carboxylic acids is 1. The SMILES string of the molecule is Cc1noc(C)c1-c1ccc2c(Nc3cccc(C(=O)O)c3)c(C(=O)NC3CCCC3O)cnc2c1. The van der Waals surface area contributed by atoms with E-state index in [9.17, 15) is 19.8 Å². The fourth-order valence-electron chi connectivity index (χ4n) is 4.78. The number of hydrogen-bond donors (Lipinski definition) is 4. The van der Waals surface area contributed by atoms with Crippen molar-refractivity contribution in [2.24, 2.45) is 0 Å². The molecule has 1 aliphatic carbocycles. The molecule has 0 bridgehead atoms. The number of aliphatic hydroxyl groups is 1. The maximum Gasteiger partial charge on any atom is 0.335 e. The van der Waals surface area contributed by atoms with Crippen molar-refractivity contribution in [1.29, 1.82) is 0 Å². The van der Waals surface area contributed by atoms with Gasteiger partial charge in [0, 0.05) is 22.8 Å². The first-order valence-electron chi connectivity index (χ1n) is 11.8. The predicted molar refractivity (Wildman–Crippen MR) is 135 cm³/mol. The Hall–Kier alpha value is -4.24. The van der Waals surface area contributed by atoms with Gasteiger partial charge in [0.1, 0.15) is 5.76 Å². The van der Waals surface area contributed by atoms with E-state index in [4.69, 9.17) is 4.52 Å². The molecule has 0 radical (unpaired) electrons. The van der Waals surface area contributed by atoms with Crippen molar-refractivity contribution in [3.8, 4) is 11.1 Å². The summed E-state index contributed by atoms with van der Waals surface area (Å²) in [7, 11) is 0. The largest absolute Gasteiger partial charge is 0.478 e. The standard InChI is InChI=1S/C27H26N4O5/c1-14-24(15(2)36-31-14)16-9-10-19-22(12-16)28-13-20(26(33)30-21-7-4-8-23(21)32)25(19)29-18-6-3-5-17(11-18)27(34)35/h3,5-6,9-13,21,23,32H,4,7-8H2,1-2H3,(H,28,29)(H,30,33)(H,34,35). The second-order valence-corrected chi connectivity index (χ2v) is 9.07. The number of carboxylic acids is 1. The molecule has 2 heterocycles. The van der Waals surface area contributed by atoms with Crippen molar-refractivity contribution in [2.45, 2.75) is 45.3 Å². The molecule has 184 valence electrons. The van der Waals surface area contributed by atoms with Crippen LogP contribution in [-0.2, 0) is 0 Å². The van der Waals surface area contributed by atoms with Gasteiger partial charge < -0.3 is 25.4 Å². The van der Waals surface area contributed by atoms with Gasteiger partial charge in [0.2, 0.25) is 0 Å². The number of carbonyl (C=O) groups is 2. The topological polar surface area (TPSA) is 138 Å². The highest BCUT2D eigenvalue weighted by molar-refractivity contribution is 6.08. The van der Waals surface area contributed by atoms with Crippen LogP contribution >= 0.6 is 0 Å². The molecule has 2 unspecified atom stereocenters. The van der Waals surface area contributed by atoms with E-state index in [0.29, 0.717) is 46.4 Å². The number of benzene rings is 2. The molecule has 0 spiro atoms. The van der Waals surface area contributed by atoms with Gasteiger partial charge in [-0.3, -0.25) is 9.78 Å². The Morgan fingerprint density at radius 3 is 2.64 bits per heavy atom. The Bertz CT molecular complexity index is 1460. The fourth-order valence-corrected chi connectivity index (χ4v) is 4.78. The number of aromatic nitrogens is 2. The Balaban J connectivity index is 1.60. The molecule has 1 amide bonds. The molecule has 4 aromatic rings. The molecule has 2 atom stereocenters. The third-order valence-corrected chi connectivity index (χ3v) is 6.61. The molecular weight excluding hydrogens is 460 g/mol. The molecule has 4 N–H and O–H groups in total. The molecule has 0 saturated heterocycles. The number of nitrogens with one attached hydrogen (secondary N) is 2. The maximum absolute atomic E-state index is 13.3. The summed E-state index contributed by atoms with van der Waals surface area (Å²) in [5.41, 5.74) is 4.62. The van der Waals surface area contributed by atoms with Gasteiger partial charge in [0.05, 0.1) is 40.2 Å². The van der Waals surface area contributed by atoms with Gasteiger partial charge >= 0.3 is 5.97 Å². The predicted octanol–water partition coefficient (Wildman–Crippen LogP) is 4.59. The number of hydrogen-bond acceptors (Lipinski definition) is 7. The lowest BCUT2D eigenvalue weighted by Crippen LogP contribution is -2.40. The van der Waals surface area contributed by atoms with Gasteiger partial charge in [0.15, 0.2) is 0 Å². The third-order valence-electron chi connectivity index (χ3n) is 6.61. The number of carbonyl (C=O) groups excluding carboxylic acids is 1. The van der Waals surface area contributed by atoms with Crippen LogP contribution in [0.2, 0.25) is 0 Å². The van der Waals surface area contributed by atoms with Crippen LogP contribution in [0.4, 0.5) is 11.4 Å². The first kappa shape index (κ1) is 23.5. The number of anilines is 2. The Morgan fingerprint density at radius 1 is 1.11 bits per heavy atom. The summed E-state index contributed by atoms with van der Waals surface area (Å²) in [5.74, 6) is -0.709. The van der Waals surface area contributed by atoms with E-state index in [-0.39, 0.29) is 17.5 Å². The second-order valence-electron chi connectivity index (χ2n) is 9.07. The van der Waals surface area contributed by atoms with Gasteiger partial charge in [-0.25, -0.2) is 4.79 Å². The molecule has 1 fully saturated rings. The minimum Gasteiger partial charge on any atom is -0.478 e. The average molecular weight is 487 g/mol. The molecule has 5 rings (SSSR count). The minimum absolute atomic E-state index is 0.124. The van der Waals surface area contributed by atoms with Crippen LogP contribution in [0.25, 0.3) is 22.0 Å². The van der Waals surface area contributed by atoms with Crippen molar-refractivity contribution in [1.82, 2.24) is 15.5 Å². The van der Waals surface area contributed by atoms with Gasteiger partial charge in [-0.1, -0.05) is 23.4 Å². The molecule has 9 nitrogen and oxygen atoms in total. The lowest BCUT2D eigenvalue weighted by Gasteiger charge is -2.19. The van der Waals surface area contributed by atoms with E-state index in [1.54, 1.807) is 12.1 Å². The summed E-state index contributed by atoms with van der Waals surface area (Å²) in [6, 6.07) is 11.8. The molecule has 2 aromatic heterocycles. The van der Waals surface area contributed by atoms with Gasteiger partial charge in [-0.15, -0.1) is 0 Å². The summed E-state index contributed by atoms with van der Waals surface area (Å²) in [4.78, 5) is 29.4. The van der Waals surface area contributed by atoms with Crippen LogP contribution in [0.15, 0.2) is 53.2 Å². The monoisotopic (exact) mass is 486 g/mol. The summed E-state index contributed by atoms with van der Waals surface area (Å²) in [6.07, 6.45) is 3.12. The van der Waals surface area contributed by atoms with Crippen molar-refractivity contribution in [3.63, 3.8) is 0 Å². The van der Waals surface area contributed by atoms with Crippen molar-refractivity contribution < 1.29 is 24.3 Å². The van der Waals surface area contributed by atoms with Crippen LogP contribution in [0.5, 0.6) is 0 Å². The summed E-state index contributed by atoms with van der Waals surface area (Å²) < 4.78 is 5.31. The molecular formula is C27H26N4O5. The van der Waals surface area contributed by atoms with E-state index >= 15 is 0 Å². The first-order valence-corrected chi connectivity index (χ1v) is 11.8. The highest BCUT2D eigenvalue weighted by Gasteiger charge is 2.28. The van der Waals surface area contributed by atoms with Gasteiger partial charge in [-0.05, 0) is 62.9 Å². The zero-order chi connectivity index (χ0) is 25.4. The first-order chi connectivity index (χ1) is 17.3. The molecule has 2 aromatic carbocycles. The number of nitrogens with zero attached hydrogens (tertiary/aromatic N) is 2. The maximum atomic E-state index is 13.3. The van der Waals surface area contributed by atoms with Gasteiger partial charge in [0.25, 0.3) is 5.91 Å². The van der Waals surface area contributed by atoms with E-state index in [0.717, 1.165) is 23.2 Å². The molecule has 0 aliphatic heterocycles. The quantitative estimate of drug-likeness (QED) is 0.310. The normalized spacial score (nSPS) is 17.3. The van der Waals surface area contributed by atoms with Crippen molar-refractivity contribution in [3.05, 3.63) is 71.2 Å². The minimum atomic E-state index is -1.05. The van der Waals surface area contributed by atoms with Crippen LogP contribution in [0.3, 0.4) is 0 Å². The van der Waals surface area contributed by atoms with Crippen molar-refractivity contribution in [2.75, 3.05) is 5.32 Å².